The molecule has 2 heterocycles. The molecule has 0 aromatic heterocycles. The molecule has 0 radical (unpaired) electrons. The van der Waals surface area contributed by atoms with E-state index in [1.807, 2.05) is 24.3 Å². The molecule has 1 aromatic rings. The van der Waals surface area contributed by atoms with Crippen molar-refractivity contribution in [3.8, 4) is 5.75 Å². The van der Waals surface area contributed by atoms with Gasteiger partial charge in [-0.25, -0.2) is 8.42 Å². The third-order valence-electron chi connectivity index (χ3n) is 4.36. The van der Waals surface area contributed by atoms with Crippen LogP contribution < -0.4 is 4.74 Å². The Balaban J connectivity index is 1.87. The largest absolute Gasteiger partial charge is 0.497 e. The number of sulfonamides is 1. The Morgan fingerprint density at radius 3 is 2.48 bits per heavy atom. The number of rotatable bonds is 4. The summed E-state index contributed by atoms with van der Waals surface area (Å²) in [7, 11) is 0.0151. The first-order chi connectivity index (χ1) is 11.0. The minimum Gasteiger partial charge on any atom is -0.497 e. The van der Waals surface area contributed by atoms with Crippen LogP contribution in [-0.2, 0) is 14.9 Å². The molecule has 8 heteroatoms. The van der Waals surface area contributed by atoms with Crippen LogP contribution in [0.15, 0.2) is 24.3 Å². The van der Waals surface area contributed by atoms with E-state index in [0.29, 0.717) is 13.1 Å². The molecule has 0 amide bonds. The SMILES string of the molecule is COc1ccc(C2C(S(=O)(=O)N3CCSCC3)CON2C)cc1. The Hall–Kier alpha value is -0.800. The zero-order valence-electron chi connectivity index (χ0n) is 13.3. The molecule has 128 valence electrons. The molecular weight excluding hydrogens is 336 g/mol. The van der Waals surface area contributed by atoms with Gasteiger partial charge in [-0.3, -0.25) is 4.84 Å². The number of hydrogen-bond donors (Lipinski definition) is 0. The highest BCUT2D eigenvalue weighted by molar-refractivity contribution is 7.99. The molecule has 0 bridgehead atoms. The minimum absolute atomic E-state index is 0.194. The van der Waals surface area contributed by atoms with Gasteiger partial charge < -0.3 is 4.74 Å². The lowest BCUT2D eigenvalue weighted by atomic mass is 10.0. The van der Waals surface area contributed by atoms with E-state index in [4.69, 9.17) is 9.57 Å². The van der Waals surface area contributed by atoms with Crippen LogP contribution in [0.2, 0.25) is 0 Å². The maximum Gasteiger partial charge on any atom is 0.221 e. The maximum atomic E-state index is 13.0. The number of nitrogens with zero attached hydrogens (tertiary/aromatic N) is 2. The zero-order valence-corrected chi connectivity index (χ0v) is 15.0. The van der Waals surface area contributed by atoms with Gasteiger partial charge in [-0.2, -0.15) is 21.1 Å². The Kier molecular flexibility index (Phi) is 5.17. The zero-order chi connectivity index (χ0) is 16.4. The van der Waals surface area contributed by atoms with Gasteiger partial charge in [0, 0.05) is 31.6 Å². The lowest BCUT2D eigenvalue weighted by molar-refractivity contribution is -0.110. The molecule has 3 rings (SSSR count). The number of thioether (sulfide) groups is 1. The van der Waals surface area contributed by atoms with Crippen molar-refractivity contribution in [2.45, 2.75) is 11.3 Å². The molecule has 2 aliphatic rings. The average Bonchev–Trinajstić information content (AvgIpc) is 2.98. The first-order valence-corrected chi connectivity index (χ1v) is 10.3. The molecule has 0 N–H and O–H groups in total. The van der Waals surface area contributed by atoms with Crippen LogP contribution in [0.25, 0.3) is 0 Å². The molecule has 6 nitrogen and oxygen atoms in total. The molecule has 2 atom stereocenters. The number of ether oxygens (including phenoxy) is 1. The first kappa shape index (κ1) is 17.0. The summed E-state index contributed by atoms with van der Waals surface area (Å²) in [6.45, 7) is 1.37. The number of methoxy groups -OCH3 is 1. The molecule has 2 aliphatic heterocycles. The quantitative estimate of drug-likeness (QED) is 0.810. The van der Waals surface area contributed by atoms with Gasteiger partial charge in [0.1, 0.15) is 11.0 Å². The van der Waals surface area contributed by atoms with Crippen LogP contribution in [0.1, 0.15) is 11.6 Å². The highest BCUT2D eigenvalue weighted by Crippen LogP contribution is 2.36. The van der Waals surface area contributed by atoms with Gasteiger partial charge in [0.15, 0.2) is 0 Å². The van der Waals surface area contributed by atoms with Crippen molar-refractivity contribution in [3.05, 3.63) is 29.8 Å². The summed E-state index contributed by atoms with van der Waals surface area (Å²) in [5.74, 6) is 2.47. The van der Waals surface area contributed by atoms with Gasteiger partial charge in [0.2, 0.25) is 10.0 Å². The fourth-order valence-corrected chi connectivity index (χ4v) is 6.16. The molecule has 1 aromatic carbocycles. The van der Waals surface area contributed by atoms with Gasteiger partial charge in [-0.05, 0) is 17.7 Å². The van der Waals surface area contributed by atoms with Gasteiger partial charge in [-0.15, -0.1) is 0 Å². The van der Waals surface area contributed by atoms with Crippen LogP contribution in [0.5, 0.6) is 5.75 Å². The Labute approximate surface area is 141 Å². The summed E-state index contributed by atoms with van der Waals surface area (Å²) >= 11 is 1.80. The van der Waals surface area contributed by atoms with E-state index < -0.39 is 15.3 Å². The van der Waals surface area contributed by atoms with Crippen molar-refractivity contribution >= 4 is 21.8 Å². The normalized spacial score (nSPS) is 27.2. The van der Waals surface area contributed by atoms with Crippen LogP contribution in [0, 0.1) is 0 Å². The fraction of sp³-hybridized carbons (Fsp3) is 0.600. The Bertz CT molecular complexity index is 629. The van der Waals surface area contributed by atoms with E-state index >= 15 is 0 Å². The summed E-state index contributed by atoms with van der Waals surface area (Å²) in [5.41, 5.74) is 0.922. The molecule has 2 fully saturated rings. The maximum absolute atomic E-state index is 13.0. The second-order valence-corrected chi connectivity index (χ2v) is 9.03. The van der Waals surface area contributed by atoms with E-state index in [1.165, 1.54) is 0 Å². The molecular formula is C15H22N2O4S2. The van der Waals surface area contributed by atoms with Crippen molar-refractivity contribution in [1.29, 1.82) is 0 Å². The van der Waals surface area contributed by atoms with Crippen LogP contribution in [0.3, 0.4) is 0 Å². The predicted molar refractivity (Wildman–Crippen MR) is 91.1 cm³/mol. The summed E-state index contributed by atoms with van der Waals surface area (Å²) in [6.07, 6.45) is 0. The lowest BCUT2D eigenvalue weighted by Gasteiger charge is -2.30. The summed E-state index contributed by atoms with van der Waals surface area (Å²) in [4.78, 5) is 5.56. The standard InChI is InChI=1S/C15H22N2O4S2/c1-16-15(12-3-5-13(20-2)6-4-12)14(11-21-16)23(18,19)17-7-9-22-10-8-17/h3-6,14-15H,7-11H2,1-2H3. The minimum atomic E-state index is -3.39. The smallest absolute Gasteiger partial charge is 0.221 e. The topological polar surface area (TPSA) is 59.1 Å². The molecule has 0 aliphatic carbocycles. The number of hydrogen-bond acceptors (Lipinski definition) is 6. The predicted octanol–water partition coefficient (Wildman–Crippen LogP) is 1.36. The Morgan fingerprint density at radius 2 is 1.87 bits per heavy atom. The van der Waals surface area contributed by atoms with Crippen molar-refractivity contribution in [1.82, 2.24) is 9.37 Å². The monoisotopic (exact) mass is 358 g/mol. The highest BCUT2D eigenvalue weighted by Gasteiger charge is 2.45. The fourth-order valence-electron chi connectivity index (χ4n) is 3.06. The molecule has 2 unspecified atom stereocenters. The molecule has 0 saturated carbocycles. The van der Waals surface area contributed by atoms with E-state index in [2.05, 4.69) is 0 Å². The van der Waals surface area contributed by atoms with E-state index in [-0.39, 0.29) is 12.6 Å². The van der Waals surface area contributed by atoms with Crippen LogP contribution in [-0.4, -0.2) is 68.4 Å². The van der Waals surface area contributed by atoms with E-state index in [9.17, 15) is 8.42 Å². The molecule has 23 heavy (non-hydrogen) atoms. The number of benzene rings is 1. The van der Waals surface area contributed by atoms with Crippen molar-refractivity contribution < 1.29 is 18.0 Å². The molecule has 2 saturated heterocycles. The second kappa shape index (κ2) is 6.98. The van der Waals surface area contributed by atoms with Crippen molar-refractivity contribution in [2.75, 3.05) is 45.4 Å². The van der Waals surface area contributed by atoms with E-state index in [1.54, 1.807) is 35.3 Å². The first-order valence-electron chi connectivity index (χ1n) is 7.60. The summed E-state index contributed by atoms with van der Waals surface area (Å²) in [6, 6.07) is 7.21. The van der Waals surface area contributed by atoms with Crippen LogP contribution >= 0.6 is 11.8 Å². The van der Waals surface area contributed by atoms with Gasteiger partial charge in [0.05, 0.1) is 19.8 Å². The Morgan fingerprint density at radius 1 is 1.22 bits per heavy atom. The van der Waals surface area contributed by atoms with E-state index in [0.717, 1.165) is 22.8 Å². The van der Waals surface area contributed by atoms with Gasteiger partial charge in [-0.1, -0.05) is 12.1 Å². The third-order valence-corrected chi connectivity index (χ3v) is 7.54. The highest BCUT2D eigenvalue weighted by atomic mass is 32.2. The second-order valence-electron chi connectivity index (χ2n) is 5.65. The molecule has 0 spiro atoms. The summed E-state index contributed by atoms with van der Waals surface area (Å²) in [5, 5.41) is 1.08. The lowest BCUT2D eigenvalue weighted by Crippen LogP contribution is -2.45. The van der Waals surface area contributed by atoms with Crippen molar-refractivity contribution in [2.24, 2.45) is 0 Å². The summed E-state index contributed by atoms with van der Waals surface area (Å²) < 4.78 is 32.8. The third kappa shape index (κ3) is 3.36. The van der Waals surface area contributed by atoms with Gasteiger partial charge in [0.25, 0.3) is 0 Å². The number of hydroxylamine groups is 2. The average molecular weight is 358 g/mol. The van der Waals surface area contributed by atoms with Gasteiger partial charge >= 0.3 is 0 Å². The van der Waals surface area contributed by atoms with Crippen LogP contribution in [0.4, 0.5) is 0 Å². The van der Waals surface area contributed by atoms with Crippen molar-refractivity contribution in [3.63, 3.8) is 0 Å².